The standard InChI is InChI=1S/C37H55NO4/c1-3-4-5-6-7-8-9-10-11-12-13-14-15-16-32(39)41-30-20-19-29-25-31-37(40)22-21-27(2)35-36(37,33(29)34(30)42-35)23-24-38(31)26-28-17-18-28/h19-20,28,31,35,40H,2-18,21-26H2,1H3/t31-,35+,36+,37-/m1/s1. The molecule has 42 heavy (non-hydrogen) atoms. The lowest BCUT2D eigenvalue weighted by Crippen LogP contribution is -2.75. The highest BCUT2D eigenvalue weighted by Crippen LogP contribution is 2.66. The van der Waals surface area contributed by atoms with Gasteiger partial charge in [0.05, 0.1) is 11.0 Å². The van der Waals surface area contributed by atoms with Crippen LogP contribution in [0.5, 0.6) is 11.5 Å². The van der Waals surface area contributed by atoms with E-state index in [2.05, 4.69) is 24.5 Å². The lowest BCUT2D eigenvalue weighted by Gasteiger charge is -2.63. The molecular weight excluding hydrogens is 522 g/mol. The first-order valence-corrected chi connectivity index (χ1v) is 17.7. The summed E-state index contributed by atoms with van der Waals surface area (Å²) in [6, 6.07) is 4.20. The van der Waals surface area contributed by atoms with Crippen molar-refractivity contribution in [2.45, 2.75) is 159 Å². The Hall–Kier alpha value is -1.85. The number of unbranched alkanes of at least 4 members (excludes halogenated alkanes) is 12. The lowest BCUT2D eigenvalue weighted by molar-refractivity contribution is -0.174. The molecule has 5 aliphatic rings. The van der Waals surface area contributed by atoms with E-state index < -0.39 is 11.0 Å². The molecule has 1 N–H and O–H groups in total. The summed E-state index contributed by atoms with van der Waals surface area (Å²) in [5.41, 5.74) is 2.13. The molecule has 0 amide bonds. The van der Waals surface area contributed by atoms with E-state index >= 15 is 0 Å². The van der Waals surface area contributed by atoms with Crippen LogP contribution in [0.25, 0.3) is 0 Å². The minimum absolute atomic E-state index is 0.119. The van der Waals surface area contributed by atoms with E-state index in [-0.39, 0.29) is 18.1 Å². The van der Waals surface area contributed by atoms with Crippen molar-refractivity contribution < 1.29 is 19.4 Å². The first kappa shape index (κ1) is 30.2. The highest BCUT2D eigenvalue weighted by Gasteiger charge is 2.72. The van der Waals surface area contributed by atoms with Gasteiger partial charge in [-0.15, -0.1) is 0 Å². The maximum Gasteiger partial charge on any atom is 0.311 e. The highest BCUT2D eigenvalue weighted by molar-refractivity contribution is 5.75. The second-order valence-electron chi connectivity index (χ2n) is 14.4. The molecule has 0 unspecified atom stereocenters. The quantitative estimate of drug-likeness (QED) is 0.0875. The third-order valence-electron chi connectivity index (χ3n) is 11.4. The van der Waals surface area contributed by atoms with Gasteiger partial charge in [-0.05, 0) is 74.6 Å². The molecule has 0 aromatic heterocycles. The van der Waals surface area contributed by atoms with Crippen molar-refractivity contribution in [1.82, 2.24) is 4.90 Å². The summed E-state index contributed by atoms with van der Waals surface area (Å²) in [5, 5.41) is 12.5. The van der Waals surface area contributed by atoms with E-state index in [1.165, 1.54) is 89.0 Å². The molecule has 5 heteroatoms. The van der Waals surface area contributed by atoms with Crippen molar-refractivity contribution in [3.05, 3.63) is 35.4 Å². The zero-order valence-corrected chi connectivity index (χ0v) is 26.3. The Morgan fingerprint density at radius 2 is 1.67 bits per heavy atom. The van der Waals surface area contributed by atoms with Gasteiger partial charge in [0.15, 0.2) is 11.5 Å². The van der Waals surface area contributed by atoms with Crippen LogP contribution in [0, 0.1) is 5.92 Å². The van der Waals surface area contributed by atoms with Gasteiger partial charge in [0, 0.05) is 24.6 Å². The zero-order valence-electron chi connectivity index (χ0n) is 26.3. The lowest BCUT2D eigenvalue weighted by atomic mass is 9.48. The Morgan fingerprint density at radius 1 is 1.00 bits per heavy atom. The van der Waals surface area contributed by atoms with Crippen molar-refractivity contribution in [1.29, 1.82) is 0 Å². The summed E-state index contributed by atoms with van der Waals surface area (Å²) >= 11 is 0. The molecule has 232 valence electrons. The molecule has 1 saturated heterocycles. The summed E-state index contributed by atoms with van der Waals surface area (Å²) in [6.07, 6.45) is 22.8. The maximum absolute atomic E-state index is 12.9. The fourth-order valence-electron chi connectivity index (χ4n) is 8.92. The van der Waals surface area contributed by atoms with Crippen molar-refractivity contribution in [2.24, 2.45) is 5.92 Å². The number of rotatable bonds is 17. The number of esters is 1. The number of carbonyl (C=O) groups excluding carboxylic acids is 1. The fourth-order valence-corrected chi connectivity index (χ4v) is 8.92. The van der Waals surface area contributed by atoms with Crippen molar-refractivity contribution in [2.75, 3.05) is 13.1 Å². The third kappa shape index (κ3) is 5.70. The smallest absolute Gasteiger partial charge is 0.311 e. The third-order valence-corrected chi connectivity index (χ3v) is 11.4. The van der Waals surface area contributed by atoms with Crippen LogP contribution in [-0.4, -0.2) is 46.8 Å². The largest absolute Gasteiger partial charge is 0.481 e. The minimum Gasteiger partial charge on any atom is -0.481 e. The molecule has 6 rings (SSSR count). The van der Waals surface area contributed by atoms with E-state index in [9.17, 15) is 9.90 Å². The van der Waals surface area contributed by atoms with E-state index in [0.717, 1.165) is 68.7 Å². The molecular formula is C37H55NO4. The first-order valence-electron chi connectivity index (χ1n) is 17.7. The van der Waals surface area contributed by atoms with Gasteiger partial charge in [-0.25, -0.2) is 0 Å². The summed E-state index contributed by atoms with van der Waals surface area (Å²) in [6.45, 7) is 8.77. The van der Waals surface area contributed by atoms with Crippen LogP contribution in [0.4, 0.5) is 0 Å². The molecule has 4 atom stereocenters. The molecule has 1 spiro atoms. The maximum atomic E-state index is 12.9. The molecule has 2 bridgehead atoms. The van der Waals surface area contributed by atoms with Gasteiger partial charge in [-0.1, -0.05) is 96.6 Å². The topological polar surface area (TPSA) is 59.0 Å². The van der Waals surface area contributed by atoms with Crippen LogP contribution in [-0.2, 0) is 16.6 Å². The average molecular weight is 578 g/mol. The van der Waals surface area contributed by atoms with Gasteiger partial charge >= 0.3 is 5.97 Å². The average Bonchev–Trinajstić information content (AvgIpc) is 3.72. The number of benzene rings is 1. The number of carbonyl (C=O) groups is 1. The molecule has 3 aliphatic carbocycles. The second-order valence-corrected chi connectivity index (χ2v) is 14.4. The van der Waals surface area contributed by atoms with Crippen molar-refractivity contribution >= 4 is 5.97 Å². The number of aliphatic hydroxyl groups is 1. The van der Waals surface area contributed by atoms with Crippen LogP contribution < -0.4 is 9.47 Å². The molecule has 2 aliphatic heterocycles. The summed E-state index contributed by atoms with van der Waals surface area (Å²) < 4.78 is 12.7. The van der Waals surface area contributed by atoms with E-state index in [0.29, 0.717) is 17.9 Å². The molecule has 5 nitrogen and oxygen atoms in total. The normalized spacial score (nSPS) is 29.3. The molecule has 2 saturated carbocycles. The van der Waals surface area contributed by atoms with Crippen LogP contribution in [0.1, 0.15) is 140 Å². The van der Waals surface area contributed by atoms with Crippen molar-refractivity contribution in [3.8, 4) is 11.5 Å². The van der Waals surface area contributed by atoms with Crippen LogP contribution in [0.15, 0.2) is 24.3 Å². The van der Waals surface area contributed by atoms with E-state index in [1.54, 1.807) is 0 Å². The van der Waals surface area contributed by atoms with Gasteiger partial charge in [0.1, 0.15) is 6.10 Å². The summed E-state index contributed by atoms with van der Waals surface area (Å²) in [5.74, 6) is 1.86. The summed E-state index contributed by atoms with van der Waals surface area (Å²) in [7, 11) is 0. The number of hydrogen-bond donors (Lipinski definition) is 1. The van der Waals surface area contributed by atoms with Crippen LogP contribution in [0.3, 0.4) is 0 Å². The van der Waals surface area contributed by atoms with Gasteiger partial charge in [-0.3, -0.25) is 9.69 Å². The Kier molecular flexibility index (Phi) is 9.36. The minimum atomic E-state index is -0.832. The predicted octanol–water partition coefficient (Wildman–Crippen LogP) is 8.19. The fraction of sp³-hybridized carbons (Fsp3) is 0.757. The number of hydrogen-bond acceptors (Lipinski definition) is 5. The van der Waals surface area contributed by atoms with Crippen LogP contribution >= 0.6 is 0 Å². The molecule has 0 radical (unpaired) electrons. The Morgan fingerprint density at radius 3 is 2.33 bits per heavy atom. The highest BCUT2D eigenvalue weighted by atomic mass is 16.6. The first-order chi connectivity index (χ1) is 20.5. The van der Waals surface area contributed by atoms with Gasteiger partial charge in [-0.2, -0.15) is 0 Å². The molecule has 3 fully saturated rings. The van der Waals surface area contributed by atoms with E-state index in [4.69, 9.17) is 9.47 Å². The molecule has 1 aromatic carbocycles. The predicted molar refractivity (Wildman–Crippen MR) is 168 cm³/mol. The Bertz CT molecular complexity index is 1130. The Balaban J connectivity index is 1.01. The molecule has 2 heterocycles. The number of likely N-dealkylation sites (tertiary alicyclic amines) is 1. The molecule has 1 aromatic rings. The van der Waals surface area contributed by atoms with Gasteiger partial charge in [0.2, 0.25) is 0 Å². The van der Waals surface area contributed by atoms with Crippen LogP contribution in [0.2, 0.25) is 0 Å². The number of ether oxygens (including phenoxy) is 2. The second kappa shape index (κ2) is 13.0. The van der Waals surface area contributed by atoms with E-state index in [1.807, 2.05) is 6.07 Å². The summed E-state index contributed by atoms with van der Waals surface area (Å²) in [4.78, 5) is 15.5. The number of nitrogens with zero attached hydrogens (tertiary/aromatic N) is 1. The Labute approximate surface area is 254 Å². The SMILES string of the molecule is C=C1CC[C@@]2(O)[C@H]3Cc4ccc(OC(=O)CCCCCCCCCCCCCCC)c5c4[C@@]2(CCN3CC2CC2)[C@H]1O5. The van der Waals surface area contributed by atoms with Gasteiger partial charge < -0.3 is 14.6 Å². The van der Waals surface area contributed by atoms with Gasteiger partial charge in [0.25, 0.3) is 0 Å². The number of piperidine rings is 1. The monoisotopic (exact) mass is 577 g/mol. The zero-order chi connectivity index (χ0) is 29.2. The van der Waals surface area contributed by atoms with Crippen molar-refractivity contribution in [3.63, 3.8) is 0 Å².